The summed E-state index contributed by atoms with van der Waals surface area (Å²) in [5, 5.41) is 16.7. The highest BCUT2D eigenvalue weighted by molar-refractivity contribution is 7.98. The van der Waals surface area contributed by atoms with Gasteiger partial charge in [-0.1, -0.05) is 6.07 Å². The van der Waals surface area contributed by atoms with Gasteiger partial charge >= 0.3 is 0 Å². The molecule has 34 heavy (non-hydrogen) atoms. The van der Waals surface area contributed by atoms with Crippen molar-refractivity contribution >= 4 is 29.3 Å². The fourth-order valence-corrected chi connectivity index (χ4v) is 4.23. The first kappa shape index (κ1) is 25.7. The fourth-order valence-electron chi connectivity index (χ4n) is 3.76. The van der Waals surface area contributed by atoms with E-state index in [-0.39, 0.29) is 23.2 Å². The van der Waals surface area contributed by atoms with Gasteiger partial charge in [-0.25, -0.2) is 0 Å². The molecule has 1 fully saturated rings. The van der Waals surface area contributed by atoms with Crippen LogP contribution in [0.3, 0.4) is 0 Å². The molecule has 0 aliphatic carbocycles. The zero-order valence-corrected chi connectivity index (χ0v) is 20.1. The van der Waals surface area contributed by atoms with E-state index in [1.54, 1.807) is 11.8 Å². The number of nitrogens with zero attached hydrogens (tertiary/aromatic N) is 2. The van der Waals surface area contributed by atoms with Crippen LogP contribution in [0.1, 0.15) is 34.3 Å². The van der Waals surface area contributed by atoms with Gasteiger partial charge in [0, 0.05) is 37.3 Å². The molecule has 11 heteroatoms. The van der Waals surface area contributed by atoms with Crippen molar-refractivity contribution in [2.24, 2.45) is 0 Å². The quantitative estimate of drug-likeness (QED) is 0.363. The number of carbonyl (C=O) groups is 2. The van der Waals surface area contributed by atoms with Gasteiger partial charge in [-0.3, -0.25) is 24.6 Å². The van der Waals surface area contributed by atoms with Crippen LogP contribution in [0.2, 0.25) is 0 Å². The number of furan rings is 1. The molecule has 0 bridgehead atoms. The van der Waals surface area contributed by atoms with E-state index in [1.807, 2.05) is 25.3 Å². The number of amides is 2. The lowest BCUT2D eigenvalue weighted by Crippen LogP contribution is -2.50. The molecule has 1 aliphatic rings. The third kappa shape index (κ3) is 7.05. The van der Waals surface area contributed by atoms with Crippen molar-refractivity contribution in [3.8, 4) is 0 Å². The van der Waals surface area contributed by atoms with Gasteiger partial charge in [0.15, 0.2) is 0 Å². The Morgan fingerprint density at radius 2 is 2.00 bits per heavy atom. The fraction of sp³-hybridized carbons (Fsp3) is 0.478. The number of nitro benzene ring substituents is 1. The zero-order valence-electron chi connectivity index (χ0n) is 19.3. The number of morpholine rings is 1. The molecule has 2 unspecified atom stereocenters. The minimum absolute atomic E-state index is 0.133. The molecule has 2 N–H and O–H groups in total. The molecule has 2 heterocycles. The first-order valence-corrected chi connectivity index (χ1v) is 12.5. The van der Waals surface area contributed by atoms with Crippen molar-refractivity contribution in [2.45, 2.75) is 25.4 Å². The summed E-state index contributed by atoms with van der Waals surface area (Å²) in [6.07, 6.45) is 2.35. The Morgan fingerprint density at radius 1 is 1.24 bits per heavy atom. The van der Waals surface area contributed by atoms with Crippen LogP contribution in [0, 0.1) is 17.0 Å². The number of aryl methyl sites for hydroxylation is 1. The average molecular weight is 491 g/mol. The number of carbonyl (C=O) groups excluding carboxylic acids is 2. The molecule has 184 valence electrons. The van der Waals surface area contributed by atoms with E-state index >= 15 is 0 Å². The maximum Gasteiger partial charge on any atom is 0.270 e. The topological polar surface area (TPSA) is 127 Å². The van der Waals surface area contributed by atoms with Crippen molar-refractivity contribution in [1.82, 2.24) is 15.5 Å². The molecule has 1 saturated heterocycles. The zero-order chi connectivity index (χ0) is 24.5. The Balaban J connectivity index is 1.69. The molecule has 1 aliphatic heterocycles. The lowest BCUT2D eigenvalue weighted by Gasteiger charge is -2.33. The van der Waals surface area contributed by atoms with E-state index in [1.165, 1.54) is 24.3 Å². The van der Waals surface area contributed by atoms with Crippen molar-refractivity contribution < 1.29 is 23.7 Å². The number of thioether (sulfide) groups is 1. The minimum atomic E-state index is -0.775. The van der Waals surface area contributed by atoms with E-state index in [4.69, 9.17) is 9.15 Å². The molecule has 10 nitrogen and oxygen atoms in total. The first-order valence-electron chi connectivity index (χ1n) is 11.1. The van der Waals surface area contributed by atoms with Crippen LogP contribution in [0.25, 0.3) is 0 Å². The van der Waals surface area contributed by atoms with Gasteiger partial charge in [0.1, 0.15) is 17.6 Å². The maximum absolute atomic E-state index is 13.1. The van der Waals surface area contributed by atoms with E-state index in [0.717, 1.165) is 24.6 Å². The highest BCUT2D eigenvalue weighted by Gasteiger charge is 2.28. The largest absolute Gasteiger partial charge is 0.465 e. The van der Waals surface area contributed by atoms with Crippen LogP contribution in [-0.4, -0.2) is 72.5 Å². The van der Waals surface area contributed by atoms with Gasteiger partial charge in [0.2, 0.25) is 5.91 Å². The third-order valence-corrected chi connectivity index (χ3v) is 6.24. The first-order chi connectivity index (χ1) is 16.4. The second-order valence-electron chi connectivity index (χ2n) is 7.97. The molecular weight excluding hydrogens is 460 g/mol. The third-order valence-electron chi connectivity index (χ3n) is 5.60. The van der Waals surface area contributed by atoms with Gasteiger partial charge < -0.3 is 19.8 Å². The van der Waals surface area contributed by atoms with Crippen LogP contribution in [-0.2, 0) is 9.53 Å². The molecule has 0 saturated carbocycles. The smallest absolute Gasteiger partial charge is 0.270 e. The Hall–Kier alpha value is -2.89. The highest BCUT2D eigenvalue weighted by Crippen LogP contribution is 2.23. The Labute approximate surface area is 202 Å². The van der Waals surface area contributed by atoms with E-state index in [2.05, 4.69) is 15.5 Å². The van der Waals surface area contributed by atoms with Gasteiger partial charge in [-0.15, -0.1) is 0 Å². The Kier molecular flexibility index (Phi) is 9.49. The number of benzene rings is 1. The number of non-ortho nitro benzene ring substituents is 1. The van der Waals surface area contributed by atoms with Crippen molar-refractivity contribution in [2.75, 3.05) is 44.9 Å². The highest BCUT2D eigenvalue weighted by atomic mass is 32.2. The molecular formula is C23H30N4O6S. The lowest BCUT2D eigenvalue weighted by molar-refractivity contribution is -0.384. The summed E-state index contributed by atoms with van der Waals surface area (Å²) in [5.74, 6) is 1.38. The summed E-state index contributed by atoms with van der Waals surface area (Å²) in [6, 6.07) is 8.32. The number of rotatable bonds is 11. The second-order valence-corrected chi connectivity index (χ2v) is 8.96. The monoisotopic (exact) mass is 490 g/mol. The van der Waals surface area contributed by atoms with Crippen molar-refractivity contribution in [3.63, 3.8) is 0 Å². The van der Waals surface area contributed by atoms with Crippen molar-refractivity contribution in [1.29, 1.82) is 0 Å². The predicted octanol–water partition coefficient (Wildman–Crippen LogP) is 2.54. The normalized spacial score (nSPS) is 15.9. The van der Waals surface area contributed by atoms with Crippen molar-refractivity contribution in [3.05, 3.63) is 63.6 Å². The van der Waals surface area contributed by atoms with E-state index in [9.17, 15) is 19.7 Å². The number of hydrogen-bond acceptors (Lipinski definition) is 8. The summed E-state index contributed by atoms with van der Waals surface area (Å²) in [4.78, 5) is 38.5. The molecule has 0 spiro atoms. The van der Waals surface area contributed by atoms with Crippen LogP contribution in [0.4, 0.5) is 5.69 Å². The van der Waals surface area contributed by atoms with Gasteiger partial charge in [0.25, 0.3) is 11.6 Å². The number of nitrogens with one attached hydrogen (secondary N) is 2. The second kappa shape index (κ2) is 12.5. The molecule has 2 amide bonds. The number of ether oxygens (including phenoxy) is 1. The summed E-state index contributed by atoms with van der Waals surface area (Å²) < 4.78 is 11.3. The summed E-state index contributed by atoms with van der Waals surface area (Å²) in [6.45, 7) is 4.85. The van der Waals surface area contributed by atoms with Crippen LogP contribution < -0.4 is 10.6 Å². The van der Waals surface area contributed by atoms with Gasteiger partial charge in [-0.05, 0) is 43.6 Å². The minimum Gasteiger partial charge on any atom is -0.465 e. The van der Waals surface area contributed by atoms with Gasteiger partial charge in [0.05, 0.1) is 24.2 Å². The lowest BCUT2D eigenvalue weighted by atomic mass is 10.1. The average Bonchev–Trinajstić information content (AvgIpc) is 3.28. The molecule has 2 aromatic rings. The maximum atomic E-state index is 13.1. The summed E-state index contributed by atoms with van der Waals surface area (Å²) in [5.41, 5.74) is -0.0479. The SMILES string of the molecule is CSCCC(NC(=O)c1cccc([N+](=O)[O-])c1)C(=O)NCC(c1ccc(C)o1)N1CCOCC1. The van der Waals surface area contributed by atoms with Crippen LogP contribution in [0.5, 0.6) is 0 Å². The standard InChI is InChI=1S/C23H30N4O6S/c1-16-6-7-21(33-16)20(26-9-11-32-12-10-26)15-24-23(29)19(8-13-34-2)25-22(28)17-4-3-5-18(14-17)27(30)31/h3-7,14,19-20H,8-13,15H2,1-2H3,(H,24,29)(H,25,28). The van der Waals surface area contributed by atoms with Gasteiger partial charge in [-0.2, -0.15) is 11.8 Å². The van der Waals surface area contributed by atoms with Crippen LogP contribution >= 0.6 is 11.8 Å². The molecule has 1 aromatic heterocycles. The Bertz CT molecular complexity index is 991. The number of nitro groups is 1. The molecule has 3 rings (SSSR count). The van der Waals surface area contributed by atoms with Crippen LogP contribution in [0.15, 0.2) is 40.8 Å². The molecule has 0 radical (unpaired) electrons. The van der Waals surface area contributed by atoms with E-state index in [0.29, 0.717) is 31.9 Å². The summed E-state index contributed by atoms with van der Waals surface area (Å²) in [7, 11) is 0. The van der Waals surface area contributed by atoms with E-state index < -0.39 is 16.9 Å². The molecule has 2 atom stereocenters. The Morgan fingerprint density at radius 3 is 2.65 bits per heavy atom. The molecule has 1 aromatic carbocycles. The number of hydrogen-bond donors (Lipinski definition) is 2. The predicted molar refractivity (Wildman–Crippen MR) is 129 cm³/mol. The summed E-state index contributed by atoms with van der Waals surface area (Å²) >= 11 is 1.57.